The molecule has 11 heteroatoms. The Labute approximate surface area is 168 Å². The van der Waals surface area contributed by atoms with Crippen molar-refractivity contribution >= 4 is 26.9 Å². The number of alkyl halides is 3. The van der Waals surface area contributed by atoms with Gasteiger partial charge in [-0.25, -0.2) is 12.4 Å². The van der Waals surface area contributed by atoms with Crippen molar-refractivity contribution in [3.63, 3.8) is 0 Å². The number of aliphatic carboxylic acids is 1. The third-order valence-corrected chi connectivity index (χ3v) is 6.42. The zero-order chi connectivity index (χ0) is 21.7. The highest BCUT2D eigenvalue weighted by atomic mass is 32.2. The van der Waals surface area contributed by atoms with E-state index in [2.05, 4.69) is 0 Å². The van der Waals surface area contributed by atoms with Gasteiger partial charge in [-0.3, -0.25) is 4.79 Å². The van der Waals surface area contributed by atoms with Crippen LogP contribution in [0.4, 0.5) is 13.2 Å². The fourth-order valence-corrected chi connectivity index (χ4v) is 4.92. The number of halogens is 3. The molecule has 0 fully saturated rings. The highest BCUT2D eigenvalue weighted by Gasteiger charge is 2.38. The van der Waals surface area contributed by atoms with Crippen molar-refractivity contribution in [2.45, 2.75) is 23.9 Å². The van der Waals surface area contributed by atoms with Gasteiger partial charge >= 0.3 is 12.1 Å². The minimum atomic E-state index is -4.88. The van der Waals surface area contributed by atoms with E-state index in [1.54, 1.807) is 0 Å². The predicted molar refractivity (Wildman–Crippen MR) is 98.0 cm³/mol. The van der Waals surface area contributed by atoms with Crippen LogP contribution in [0.2, 0.25) is 0 Å². The van der Waals surface area contributed by atoms with E-state index in [1.165, 1.54) is 18.2 Å². The SMILES string of the molecule is O=C(O)CCc1cn(S(=O)(=O)c2ccccc2C(F)(F)F)c2cc3c(cc12)OCO3. The molecule has 158 valence electrons. The van der Waals surface area contributed by atoms with Crippen molar-refractivity contribution in [1.29, 1.82) is 0 Å². The highest BCUT2D eigenvalue weighted by molar-refractivity contribution is 7.90. The molecule has 0 amide bonds. The van der Waals surface area contributed by atoms with Crippen LogP contribution in [0.1, 0.15) is 17.5 Å². The Morgan fingerprint density at radius 3 is 2.47 bits per heavy atom. The lowest BCUT2D eigenvalue weighted by molar-refractivity contribution is -0.140. The molecule has 1 aliphatic rings. The van der Waals surface area contributed by atoms with Gasteiger partial charge in [-0.2, -0.15) is 13.2 Å². The van der Waals surface area contributed by atoms with Crippen LogP contribution >= 0.6 is 0 Å². The average molecular weight is 441 g/mol. The third kappa shape index (κ3) is 3.34. The Morgan fingerprint density at radius 2 is 1.80 bits per heavy atom. The Balaban J connectivity index is 1.96. The maximum Gasteiger partial charge on any atom is 0.417 e. The van der Waals surface area contributed by atoms with Gasteiger partial charge in [-0.05, 0) is 30.2 Å². The summed E-state index contributed by atoms with van der Waals surface area (Å²) in [5.74, 6) is -0.516. The summed E-state index contributed by atoms with van der Waals surface area (Å²) in [4.78, 5) is 10.1. The molecular formula is C19H14F3NO6S. The first-order valence-corrected chi connectivity index (χ1v) is 10.1. The summed E-state index contributed by atoms with van der Waals surface area (Å²) in [6.45, 7) is -0.0872. The second-order valence-corrected chi connectivity index (χ2v) is 8.35. The molecule has 0 unspecified atom stereocenters. The maximum absolute atomic E-state index is 13.4. The zero-order valence-electron chi connectivity index (χ0n) is 15.1. The molecule has 0 atom stereocenters. The number of carboxylic acids is 1. The summed E-state index contributed by atoms with van der Waals surface area (Å²) in [5.41, 5.74) is -0.880. The number of ether oxygens (including phenoxy) is 2. The summed E-state index contributed by atoms with van der Waals surface area (Å²) < 4.78 is 78.0. The van der Waals surface area contributed by atoms with Gasteiger partial charge in [-0.1, -0.05) is 12.1 Å². The lowest BCUT2D eigenvalue weighted by Crippen LogP contribution is -2.18. The second-order valence-electron chi connectivity index (χ2n) is 6.57. The number of aryl methyl sites for hydroxylation is 1. The van der Waals surface area contributed by atoms with E-state index in [9.17, 15) is 26.4 Å². The van der Waals surface area contributed by atoms with Crippen LogP contribution in [0, 0.1) is 0 Å². The van der Waals surface area contributed by atoms with Gasteiger partial charge in [0.2, 0.25) is 6.79 Å². The lowest BCUT2D eigenvalue weighted by atomic mass is 10.1. The van der Waals surface area contributed by atoms with E-state index < -0.39 is 32.6 Å². The first-order valence-electron chi connectivity index (χ1n) is 8.66. The fourth-order valence-electron chi connectivity index (χ4n) is 3.32. The second kappa shape index (κ2) is 6.94. The number of fused-ring (bicyclic) bond motifs is 2. The van der Waals surface area contributed by atoms with E-state index in [0.29, 0.717) is 22.8 Å². The molecule has 0 radical (unpaired) electrons. The van der Waals surface area contributed by atoms with Crippen LogP contribution < -0.4 is 9.47 Å². The molecule has 1 N–H and O–H groups in total. The van der Waals surface area contributed by atoms with E-state index in [-0.39, 0.29) is 30.9 Å². The molecule has 0 spiro atoms. The molecule has 4 rings (SSSR count). The molecule has 0 aliphatic carbocycles. The van der Waals surface area contributed by atoms with Crippen molar-refractivity contribution in [3.8, 4) is 11.5 Å². The van der Waals surface area contributed by atoms with Gasteiger partial charge in [0.15, 0.2) is 11.5 Å². The molecule has 2 aromatic carbocycles. The first kappa shape index (κ1) is 20.1. The number of benzene rings is 2. The standard InChI is InChI=1S/C19H14F3NO6S/c20-19(21,22)13-3-1-2-4-17(13)30(26,27)23-9-11(5-6-18(24)25)12-7-15-16(8-14(12)23)29-10-28-15/h1-4,7-9H,5-6,10H2,(H,24,25). The van der Waals surface area contributed by atoms with Crippen molar-refractivity contribution in [3.05, 3.63) is 53.7 Å². The summed E-state index contributed by atoms with van der Waals surface area (Å²) >= 11 is 0. The number of carbonyl (C=O) groups is 1. The highest BCUT2D eigenvalue weighted by Crippen LogP contribution is 2.40. The van der Waals surface area contributed by atoms with Crippen molar-refractivity contribution in [2.24, 2.45) is 0 Å². The molecule has 0 saturated heterocycles. The Hall–Kier alpha value is -3.21. The van der Waals surface area contributed by atoms with Crippen LogP contribution in [0.3, 0.4) is 0 Å². The number of rotatable bonds is 5. The van der Waals surface area contributed by atoms with Crippen LogP contribution in [-0.4, -0.2) is 30.3 Å². The number of hydrogen-bond acceptors (Lipinski definition) is 5. The maximum atomic E-state index is 13.4. The Kier molecular flexibility index (Phi) is 4.64. The van der Waals surface area contributed by atoms with E-state index in [4.69, 9.17) is 14.6 Å². The first-order chi connectivity index (χ1) is 14.1. The molecule has 3 aromatic rings. The fraction of sp³-hybridized carbons (Fsp3) is 0.211. The normalized spacial score (nSPS) is 13.7. The smallest absolute Gasteiger partial charge is 0.417 e. The van der Waals surface area contributed by atoms with Crippen LogP contribution in [0.5, 0.6) is 11.5 Å². The van der Waals surface area contributed by atoms with E-state index >= 15 is 0 Å². The van der Waals surface area contributed by atoms with Gasteiger partial charge in [0, 0.05) is 24.1 Å². The van der Waals surface area contributed by atoms with Gasteiger partial charge in [0.1, 0.15) is 4.90 Å². The summed E-state index contributed by atoms with van der Waals surface area (Å²) in [5, 5.41) is 9.33. The quantitative estimate of drug-likeness (QED) is 0.650. The monoisotopic (exact) mass is 441 g/mol. The molecule has 2 heterocycles. The molecule has 0 saturated carbocycles. The average Bonchev–Trinajstić information content (AvgIpc) is 3.28. The van der Waals surface area contributed by atoms with Crippen molar-refractivity contribution in [1.82, 2.24) is 3.97 Å². The topological polar surface area (TPSA) is 94.8 Å². The van der Waals surface area contributed by atoms with Crippen LogP contribution in [0.15, 0.2) is 47.5 Å². The molecule has 30 heavy (non-hydrogen) atoms. The predicted octanol–water partition coefficient (Wildman–Crippen LogP) is 3.64. The zero-order valence-corrected chi connectivity index (χ0v) is 16.0. The molecule has 1 aliphatic heterocycles. The number of hydrogen-bond donors (Lipinski definition) is 1. The summed E-state index contributed by atoms with van der Waals surface area (Å²) in [6, 6.07) is 6.73. The minimum absolute atomic E-state index is 0.0189. The number of aromatic nitrogens is 1. The Morgan fingerprint density at radius 1 is 1.13 bits per heavy atom. The summed E-state index contributed by atoms with van der Waals surface area (Å²) in [7, 11) is -4.66. The van der Waals surface area contributed by atoms with Crippen LogP contribution in [0.25, 0.3) is 10.9 Å². The third-order valence-electron chi connectivity index (χ3n) is 4.68. The molecule has 7 nitrogen and oxygen atoms in total. The molecule has 1 aromatic heterocycles. The van der Waals surface area contributed by atoms with E-state index in [1.807, 2.05) is 0 Å². The van der Waals surface area contributed by atoms with Crippen LogP contribution in [-0.2, 0) is 27.4 Å². The molecular weight excluding hydrogens is 427 g/mol. The Bertz CT molecular complexity index is 1260. The van der Waals surface area contributed by atoms with Gasteiger partial charge in [-0.15, -0.1) is 0 Å². The summed E-state index contributed by atoms with van der Waals surface area (Å²) in [6.07, 6.45) is -4.04. The largest absolute Gasteiger partial charge is 0.481 e. The van der Waals surface area contributed by atoms with Crippen molar-refractivity contribution < 1.29 is 41.0 Å². The van der Waals surface area contributed by atoms with Gasteiger partial charge in [0.05, 0.1) is 11.1 Å². The van der Waals surface area contributed by atoms with Gasteiger partial charge in [0.25, 0.3) is 10.0 Å². The number of carboxylic acid groups (broad SMARTS) is 1. The molecule has 0 bridgehead atoms. The van der Waals surface area contributed by atoms with Crippen molar-refractivity contribution in [2.75, 3.05) is 6.79 Å². The number of nitrogens with zero attached hydrogens (tertiary/aromatic N) is 1. The van der Waals surface area contributed by atoms with E-state index in [0.717, 1.165) is 22.3 Å². The minimum Gasteiger partial charge on any atom is -0.481 e. The van der Waals surface area contributed by atoms with Gasteiger partial charge < -0.3 is 14.6 Å². The lowest BCUT2D eigenvalue weighted by Gasteiger charge is -2.14.